The highest BCUT2D eigenvalue weighted by Gasteiger charge is 2.43. The molecule has 0 aliphatic carbocycles. The van der Waals surface area contributed by atoms with Crippen molar-refractivity contribution in [3.05, 3.63) is 105 Å². The summed E-state index contributed by atoms with van der Waals surface area (Å²) in [6, 6.07) is 21.9. The number of amides is 1. The van der Waals surface area contributed by atoms with Crippen molar-refractivity contribution in [2.75, 3.05) is 11.5 Å². The van der Waals surface area contributed by atoms with Gasteiger partial charge in [-0.2, -0.15) is 0 Å². The molecule has 5 heteroatoms. The van der Waals surface area contributed by atoms with Crippen LogP contribution in [-0.4, -0.2) is 12.5 Å². The molecule has 5 rings (SSSR count). The number of para-hydroxylation sites is 1. The zero-order valence-electron chi connectivity index (χ0n) is 19.6. The predicted molar refractivity (Wildman–Crippen MR) is 134 cm³/mol. The van der Waals surface area contributed by atoms with E-state index in [0.29, 0.717) is 40.5 Å². The van der Waals surface area contributed by atoms with Crippen LogP contribution >= 0.6 is 0 Å². The average molecular weight is 454 g/mol. The molecule has 0 radical (unpaired) electrons. The lowest BCUT2D eigenvalue weighted by molar-refractivity contribution is 0.0971. The fourth-order valence-corrected chi connectivity index (χ4v) is 4.44. The predicted octanol–water partition coefficient (Wildman–Crippen LogP) is 6.28. The number of ether oxygens (including phenoxy) is 1. The van der Waals surface area contributed by atoms with E-state index in [9.17, 15) is 9.59 Å². The van der Waals surface area contributed by atoms with E-state index in [2.05, 4.69) is 13.8 Å². The van der Waals surface area contributed by atoms with Crippen LogP contribution in [-0.2, 0) is 0 Å². The molecule has 0 fully saturated rings. The lowest BCUT2D eigenvalue weighted by atomic mass is 9.97. The molecule has 1 unspecified atom stereocenters. The van der Waals surface area contributed by atoms with Gasteiger partial charge in [0.1, 0.15) is 11.3 Å². The Labute approximate surface area is 198 Å². The van der Waals surface area contributed by atoms with Gasteiger partial charge in [0.15, 0.2) is 5.43 Å². The standard InChI is InChI=1S/C29H27NO4/c1-18(2)14-15-33-22-11-7-8-20(17-22)26-25-27(31)23-16-19(3)12-13-24(23)34-28(25)29(32)30(26)21-9-5-4-6-10-21/h4-13,16-18,26H,14-15H2,1-3H3. The highest BCUT2D eigenvalue weighted by atomic mass is 16.5. The molecule has 2 heterocycles. The topological polar surface area (TPSA) is 59.8 Å². The molecule has 4 aromatic rings. The fourth-order valence-electron chi connectivity index (χ4n) is 4.44. The number of rotatable bonds is 6. The first-order chi connectivity index (χ1) is 16.4. The number of hydrogen-bond donors (Lipinski definition) is 0. The molecule has 3 aromatic carbocycles. The van der Waals surface area contributed by atoms with Crippen LogP contribution in [0.15, 0.2) is 82.0 Å². The van der Waals surface area contributed by atoms with Gasteiger partial charge >= 0.3 is 0 Å². The molecule has 1 atom stereocenters. The van der Waals surface area contributed by atoms with Crippen LogP contribution in [0.2, 0.25) is 0 Å². The molecular formula is C29H27NO4. The smallest absolute Gasteiger partial charge is 0.295 e. The van der Waals surface area contributed by atoms with Crippen molar-refractivity contribution in [2.24, 2.45) is 5.92 Å². The van der Waals surface area contributed by atoms with Crippen molar-refractivity contribution >= 4 is 22.6 Å². The first-order valence-corrected chi connectivity index (χ1v) is 11.6. The highest BCUT2D eigenvalue weighted by Crippen LogP contribution is 2.41. The normalized spacial score (nSPS) is 15.2. The van der Waals surface area contributed by atoms with Gasteiger partial charge in [-0.3, -0.25) is 14.5 Å². The summed E-state index contributed by atoms with van der Waals surface area (Å²) < 4.78 is 12.0. The molecule has 5 nitrogen and oxygen atoms in total. The number of hydrogen-bond acceptors (Lipinski definition) is 4. The zero-order chi connectivity index (χ0) is 23.8. The lowest BCUT2D eigenvalue weighted by Crippen LogP contribution is -2.29. The second-order valence-electron chi connectivity index (χ2n) is 9.19. The Kier molecular flexibility index (Phi) is 5.70. The van der Waals surface area contributed by atoms with Crippen LogP contribution in [0, 0.1) is 12.8 Å². The Hall–Kier alpha value is -3.86. The van der Waals surface area contributed by atoms with E-state index in [1.807, 2.05) is 73.7 Å². The summed E-state index contributed by atoms with van der Waals surface area (Å²) in [5, 5.41) is 0.482. The van der Waals surface area contributed by atoms with Crippen LogP contribution in [0.1, 0.15) is 53.6 Å². The molecule has 172 valence electrons. The van der Waals surface area contributed by atoms with Crippen molar-refractivity contribution < 1.29 is 13.9 Å². The van der Waals surface area contributed by atoms with Gasteiger partial charge in [-0.1, -0.05) is 55.8 Å². The van der Waals surface area contributed by atoms with Crippen molar-refractivity contribution in [3.63, 3.8) is 0 Å². The summed E-state index contributed by atoms with van der Waals surface area (Å²) in [5.74, 6) is 1.03. The van der Waals surface area contributed by atoms with Crippen LogP contribution < -0.4 is 15.1 Å². The maximum Gasteiger partial charge on any atom is 0.295 e. The summed E-state index contributed by atoms with van der Waals surface area (Å²) in [5.41, 5.74) is 3.07. The minimum absolute atomic E-state index is 0.0985. The quantitative estimate of drug-likeness (QED) is 0.345. The molecular weight excluding hydrogens is 426 g/mol. The number of fused-ring (bicyclic) bond motifs is 2. The Bertz CT molecular complexity index is 1420. The maximum atomic E-state index is 13.7. The van der Waals surface area contributed by atoms with E-state index >= 15 is 0 Å². The molecule has 0 saturated heterocycles. The van der Waals surface area contributed by atoms with Crippen LogP contribution in [0.25, 0.3) is 11.0 Å². The average Bonchev–Trinajstić information content (AvgIpc) is 3.13. The maximum absolute atomic E-state index is 13.7. The first-order valence-electron chi connectivity index (χ1n) is 11.6. The van der Waals surface area contributed by atoms with Crippen molar-refractivity contribution in [1.82, 2.24) is 0 Å². The van der Waals surface area contributed by atoms with Gasteiger partial charge in [0, 0.05) is 5.69 Å². The molecule has 0 N–H and O–H groups in total. The summed E-state index contributed by atoms with van der Waals surface area (Å²) in [7, 11) is 0. The van der Waals surface area contributed by atoms with Crippen molar-refractivity contribution in [2.45, 2.75) is 33.2 Å². The van der Waals surface area contributed by atoms with Gasteiger partial charge in [0.25, 0.3) is 5.91 Å². The molecule has 34 heavy (non-hydrogen) atoms. The fraction of sp³-hybridized carbons (Fsp3) is 0.241. The highest BCUT2D eigenvalue weighted by molar-refractivity contribution is 6.10. The Morgan fingerprint density at radius 2 is 1.76 bits per heavy atom. The van der Waals surface area contributed by atoms with Gasteiger partial charge in [-0.15, -0.1) is 0 Å². The zero-order valence-corrected chi connectivity index (χ0v) is 19.6. The second kappa shape index (κ2) is 8.82. The SMILES string of the molecule is Cc1ccc2oc3c(c(=O)c2c1)C(c1cccc(OCCC(C)C)c1)N(c1ccccc1)C3=O. The summed E-state index contributed by atoms with van der Waals surface area (Å²) in [6.07, 6.45) is 0.944. The van der Waals surface area contributed by atoms with Crippen molar-refractivity contribution in [3.8, 4) is 5.75 Å². The Morgan fingerprint density at radius 3 is 2.53 bits per heavy atom. The molecule has 0 saturated carbocycles. The van der Waals surface area contributed by atoms with E-state index in [1.165, 1.54) is 0 Å². The molecule has 1 aliphatic rings. The van der Waals surface area contributed by atoms with E-state index in [4.69, 9.17) is 9.15 Å². The summed E-state index contributed by atoms with van der Waals surface area (Å²) >= 11 is 0. The molecule has 1 aromatic heterocycles. The molecule has 1 amide bonds. The van der Waals surface area contributed by atoms with E-state index in [-0.39, 0.29) is 17.1 Å². The first kappa shape index (κ1) is 22.0. The third kappa shape index (κ3) is 3.87. The molecule has 0 spiro atoms. The van der Waals surface area contributed by atoms with Gasteiger partial charge < -0.3 is 9.15 Å². The third-order valence-corrected chi connectivity index (χ3v) is 6.20. The monoisotopic (exact) mass is 453 g/mol. The lowest BCUT2D eigenvalue weighted by Gasteiger charge is -2.25. The van der Waals surface area contributed by atoms with Crippen molar-refractivity contribution in [1.29, 1.82) is 0 Å². The summed E-state index contributed by atoms with van der Waals surface area (Å²) in [6.45, 7) is 6.85. The number of nitrogens with zero attached hydrogens (tertiary/aromatic N) is 1. The third-order valence-electron chi connectivity index (χ3n) is 6.20. The van der Waals surface area contributed by atoms with Gasteiger partial charge in [-0.05, 0) is 61.2 Å². The minimum Gasteiger partial charge on any atom is -0.494 e. The van der Waals surface area contributed by atoms with Gasteiger partial charge in [0.2, 0.25) is 5.76 Å². The number of aryl methyl sites for hydroxylation is 1. The number of benzene rings is 3. The Balaban J connectivity index is 1.68. The van der Waals surface area contributed by atoms with Crippen LogP contribution in [0.4, 0.5) is 5.69 Å². The largest absolute Gasteiger partial charge is 0.494 e. The number of anilines is 1. The van der Waals surface area contributed by atoms with E-state index in [0.717, 1.165) is 17.5 Å². The second-order valence-corrected chi connectivity index (χ2v) is 9.19. The van der Waals surface area contributed by atoms with E-state index < -0.39 is 6.04 Å². The van der Waals surface area contributed by atoms with E-state index in [1.54, 1.807) is 11.0 Å². The molecule has 1 aliphatic heterocycles. The number of carbonyl (C=O) groups is 1. The minimum atomic E-state index is -0.611. The Morgan fingerprint density at radius 1 is 0.971 bits per heavy atom. The molecule has 0 bridgehead atoms. The number of carbonyl (C=O) groups excluding carboxylic acids is 1. The van der Waals surface area contributed by atoms with Gasteiger partial charge in [-0.25, -0.2) is 0 Å². The van der Waals surface area contributed by atoms with Gasteiger partial charge in [0.05, 0.1) is 23.6 Å². The summed E-state index contributed by atoms with van der Waals surface area (Å²) in [4.78, 5) is 29.0. The van der Waals surface area contributed by atoms with Crippen LogP contribution in [0.3, 0.4) is 0 Å². The van der Waals surface area contributed by atoms with Crippen LogP contribution in [0.5, 0.6) is 5.75 Å².